The van der Waals surface area contributed by atoms with Gasteiger partial charge in [-0.2, -0.15) is 0 Å². The van der Waals surface area contributed by atoms with E-state index in [0.29, 0.717) is 39.2 Å². The first-order valence-corrected chi connectivity index (χ1v) is 12.6. The molecule has 3 heterocycles. The van der Waals surface area contributed by atoms with E-state index >= 15 is 0 Å². The third kappa shape index (κ3) is 3.39. The van der Waals surface area contributed by atoms with E-state index in [1.807, 2.05) is 115 Å². The van der Waals surface area contributed by atoms with Gasteiger partial charge < -0.3 is 13.4 Å². The molecule has 8 rings (SSSR count). The van der Waals surface area contributed by atoms with Crippen molar-refractivity contribution in [2.75, 3.05) is 0 Å². The Kier molecular flexibility index (Phi) is 4.57. The lowest BCUT2D eigenvalue weighted by molar-refractivity contribution is 0.618. The highest BCUT2D eigenvalue weighted by atomic mass is 16.4. The molecule has 0 spiro atoms. The lowest BCUT2D eigenvalue weighted by Crippen LogP contribution is -2.10. The maximum absolute atomic E-state index is 13.1. The van der Waals surface area contributed by atoms with Crippen LogP contribution in [0.3, 0.4) is 0 Å². The minimum absolute atomic E-state index is 0.0386. The zero-order chi connectivity index (χ0) is 25.9. The van der Waals surface area contributed by atoms with Crippen LogP contribution in [0.25, 0.3) is 72.6 Å². The third-order valence-corrected chi connectivity index (χ3v) is 7.07. The second-order valence-electron chi connectivity index (χ2n) is 9.44. The van der Waals surface area contributed by atoms with Crippen LogP contribution in [-0.4, -0.2) is 14.5 Å². The van der Waals surface area contributed by atoms with Gasteiger partial charge in [-0.1, -0.05) is 42.5 Å². The fourth-order valence-electron chi connectivity index (χ4n) is 5.20. The SMILES string of the molecule is O=c1c2ccccc2n(-c2ccc(-c3nc4cc5oc(-c6ccccc6)nc5cc4o3)cc2)c2ccccc12. The van der Waals surface area contributed by atoms with E-state index in [1.165, 1.54) is 0 Å². The Morgan fingerprint density at radius 2 is 1.03 bits per heavy atom. The van der Waals surface area contributed by atoms with Gasteiger partial charge in [0.25, 0.3) is 0 Å². The van der Waals surface area contributed by atoms with Gasteiger partial charge in [0.05, 0.1) is 11.0 Å². The normalized spacial score (nSPS) is 11.7. The molecule has 184 valence electrons. The van der Waals surface area contributed by atoms with Gasteiger partial charge in [0, 0.05) is 39.7 Å². The molecule has 0 amide bonds. The van der Waals surface area contributed by atoms with E-state index in [-0.39, 0.29) is 5.43 Å². The van der Waals surface area contributed by atoms with Crippen LogP contribution in [0.15, 0.2) is 129 Å². The van der Waals surface area contributed by atoms with E-state index in [4.69, 9.17) is 13.8 Å². The molecule has 0 unspecified atom stereocenters. The summed E-state index contributed by atoms with van der Waals surface area (Å²) in [6.45, 7) is 0. The first-order valence-electron chi connectivity index (χ1n) is 12.6. The number of oxazole rings is 2. The third-order valence-electron chi connectivity index (χ3n) is 7.07. The molecule has 0 saturated carbocycles. The van der Waals surface area contributed by atoms with Crippen LogP contribution < -0.4 is 5.43 Å². The highest BCUT2D eigenvalue weighted by molar-refractivity contribution is 5.95. The molecular weight excluding hydrogens is 486 g/mol. The van der Waals surface area contributed by atoms with Gasteiger partial charge in [0.15, 0.2) is 16.6 Å². The lowest BCUT2D eigenvalue weighted by atomic mass is 10.1. The molecule has 5 aromatic carbocycles. The number of aromatic nitrogens is 3. The second-order valence-corrected chi connectivity index (χ2v) is 9.44. The summed E-state index contributed by atoms with van der Waals surface area (Å²) in [6.07, 6.45) is 0. The molecule has 0 N–H and O–H groups in total. The van der Waals surface area contributed by atoms with Crippen molar-refractivity contribution in [3.63, 3.8) is 0 Å². The molecule has 6 heteroatoms. The van der Waals surface area contributed by atoms with Gasteiger partial charge in [0.1, 0.15) is 11.0 Å². The van der Waals surface area contributed by atoms with Crippen LogP contribution in [0.1, 0.15) is 0 Å². The van der Waals surface area contributed by atoms with Crippen molar-refractivity contribution >= 4 is 44.0 Å². The minimum Gasteiger partial charge on any atom is -0.436 e. The predicted molar refractivity (Wildman–Crippen MR) is 153 cm³/mol. The molecule has 0 radical (unpaired) electrons. The van der Waals surface area contributed by atoms with Crippen molar-refractivity contribution in [2.45, 2.75) is 0 Å². The molecule has 3 aromatic heterocycles. The van der Waals surface area contributed by atoms with E-state index in [2.05, 4.69) is 9.55 Å². The molecule has 6 nitrogen and oxygen atoms in total. The van der Waals surface area contributed by atoms with Crippen LogP contribution >= 0.6 is 0 Å². The summed E-state index contributed by atoms with van der Waals surface area (Å²) in [5.74, 6) is 1.08. The Morgan fingerprint density at radius 1 is 0.538 bits per heavy atom. The zero-order valence-corrected chi connectivity index (χ0v) is 20.5. The number of nitrogens with zero attached hydrogens (tertiary/aromatic N) is 3. The summed E-state index contributed by atoms with van der Waals surface area (Å²) in [5.41, 5.74) is 7.20. The Morgan fingerprint density at radius 3 is 1.59 bits per heavy atom. The smallest absolute Gasteiger partial charge is 0.227 e. The van der Waals surface area contributed by atoms with Crippen molar-refractivity contribution in [2.24, 2.45) is 0 Å². The van der Waals surface area contributed by atoms with Crippen molar-refractivity contribution in [1.82, 2.24) is 14.5 Å². The topological polar surface area (TPSA) is 74.1 Å². The van der Waals surface area contributed by atoms with Crippen molar-refractivity contribution < 1.29 is 8.83 Å². The Hall–Kier alpha value is -5.49. The van der Waals surface area contributed by atoms with Gasteiger partial charge in [-0.25, -0.2) is 9.97 Å². The van der Waals surface area contributed by atoms with Crippen LogP contribution in [0.2, 0.25) is 0 Å². The van der Waals surface area contributed by atoms with Gasteiger partial charge in [-0.05, 0) is 60.7 Å². The summed E-state index contributed by atoms with van der Waals surface area (Å²) in [4.78, 5) is 22.5. The zero-order valence-electron chi connectivity index (χ0n) is 20.5. The predicted octanol–water partition coefficient (Wildman–Crippen LogP) is 7.76. The average Bonchev–Trinajstić information content (AvgIpc) is 3.60. The van der Waals surface area contributed by atoms with Crippen molar-refractivity contribution in [1.29, 1.82) is 0 Å². The highest BCUT2D eigenvalue weighted by Gasteiger charge is 2.15. The van der Waals surface area contributed by atoms with Gasteiger partial charge in [-0.15, -0.1) is 0 Å². The first kappa shape index (κ1) is 21.6. The molecule has 8 aromatic rings. The molecule has 0 aliphatic heterocycles. The summed E-state index contributed by atoms with van der Waals surface area (Å²) in [7, 11) is 0. The minimum atomic E-state index is 0.0386. The van der Waals surface area contributed by atoms with E-state index < -0.39 is 0 Å². The summed E-state index contributed by atoms with van der Waals surface area (Å²) < 4.78 is 14.3. The molecule has 0 fully saturated rings. The summed E-state index contributed by atoms with van der Waals surface area (Å²) in [6, 6.07) is 36.9. The Labute approximate surface area is 221 Å². The van der Waals surface area contributed by atoms with Crippen LogP contribution in [0, 0.1) is 0 Å². The standard InChI is InChI=1S/C33H19N3O3/c37-31-23-10-4-6-12-27(23)36(28-13-7-5-11-24(28)31)22-16-14-21(15-17-22)33-35-26-19-29-25(18-30(26)39-33)34-32(38-29)20-8-2-1-3-9-20/h1-19H. The fraction of sp³-hybridized carbons (Fsp3) is 0. The number of pyridine rings is 1. The number of rotatable bonds is 3. The van der Waals surface area contributed by atoms with Crippen molar-refractivity contribution in [3.8, 4) is 28.6 Å². The number of benzene rings is 5. The molecule has 0 aliphatic carbocycles. The second kappa shape index (κ2) is 8.26. The Balaban J connectivity index is 1.21. The molecule has 0 atom stereocenters. The van der Waals surface area contributed by atoms with Crippen molar-refractivity contribution in [3.05, 3.63) is 125 Å². The highest BCUT2D eigenvalue weighted by Crippen LogP contribution is 2.32. The lowest BCUT2D eigenvalue weighted by Gasteiger charge is -2.15. The average molecular weight is 506 g/mol. The monoisotopic (exact) mass is 505 g/mol. The van der Waals surface area contributed by atoms with Crippen LogP contribution in [0.5, 0.6) is 0 Å². The van der Waals surface area contributed by atoms with E-state index in [0.717, 1.165) is 33.4 Å². The number of hydrogen-bond donors (Lipinski definition) is 0. The quantitative estimate of drug-likeness (QED) is 0.229. The van der Waals surface area contributed by atoms with Gasteiger partial charge in [-0.3, -0.25) is 4.79 Å². The Bertz CT molecular complexity index is 2130. The molecule has 0 saturated heterocycles. The first-order chi connectivity index (χ1) is 19.2. The molecule has 0 aliphatic rings. The number of fused-ring (bicyclic) bond motifs is 4. The number of para-hydroxylation sites is 2. The molecule has 0 bridgehead atoms. The maximum atomic E-state index is 13.1. The number of hydrogen-bond acceptors (Lipinski definition) is 5. The largest absolute Gasteiger partial charge is 0.436 e. The maximum Gasteiger partial charge on any atom is 0.227 e. The summed E-state index contributed by atoms with van der Waals surface area (Å²) in [5, 5.41) is 1.38. The molecular formula is C33H19N3O3. The van der Waals surface area contributed by atoms with Gasteiger partial charge >= 0.3 is 0 Å². The summed E-state index contributed by atoms with van der Waals surface area (Å²) >= 11 is 0. The van der Waals surface area contributed by atoms with E-state index in [1.54, 1.807) is 0 Å². The van der Waals surface area contributed by atoms with Crippen LogP contribution in [0.4, 0.5) is 0 Å². The van der Waals surface area contributed by atoms with Crippen LogP contribution in [-0.2, 0) is 0 Å². The fourth-order valence-corrected chi connectivity index (χ4v) is 5.20. The van der Waals surface area contributed by atoms with E-state index in [9.17, 15) is 4.79 Å². The molecule has 39 heavy (non-hydrogen) atoms. The van der Waals surface area contributed by atoms with Gasteiger partial charge in [0.2, 0.25) is 11.8 Å².